The third kappa shape index (κ3) is 16.7. The van der Waals surface area contributed by atoms with Gasteiger partial charge in [-0.2, -0.15) is 4.73 Å². The molecule has 79 heavy (non-hydrogen) atoms. The predicted molar refractivity (Wildman–Crippen MR) is 298 cm³/mol. The lowest BCUT2D eigenvalue weighted by atomic mass is 9.77. The number of hydrogen-bond acceptors (Lipinski definition) is 18. The standard InChI is InChI=1S/C59H99N3O17/c1-18-45-59(13,70)50(65)38(6)61(16)31-34(2)29-57(11,69)51(79-55-48(64)44(60(14)15)27-35(3)75-55)36(4)49(37(5)54(68)77-45)78-46-30-58(12,71-17)52(39(7)76-46)73-26-20-25-72-24-19-21-40-22-23-43-41(28-40)47(63)42(53(66)67)32-62(43)74-33-56(8,9)10/h22-23,28,32,34-39,44-46,48-52,55,64-65,69-70H,18-21,24-27,29-31,33H2,1-17H3,(H,66,67)/t34-,35-,36+,37-,38-,39+,44+,45-,46+,48-,49+,50-,51-,52+,55+,57-,58-,59-/m1/s1. The number of hydrogen-bond donors (Lipinski definition) is 5. The third-order valence-corrected chi connectivity index (χ3v) is 16.6. The number of aromatic carboxylic acids is 1. The maximum absolute atomic E-state index is 14.6. The van der Waals surface area contributed by atoms with E-state index in [2.05, 4.69) is 0 Å². The molecule has 0 unspecified atom stereocenters. The smallest absolute Gasteiger partial charge is 0.341 e. The molecule has 3 aliphatic rings. The lowest BCUT2D eigenvalue weighted by Gasteiger charge is -2.49. The van der Waals surface area contributed by atoms with Crippen LogP contribution in [0.15, 0.2) is 29.2 Å². The minimum atomic E-state index is -1.84. The van der Waals surface area contributed by atoms with E-state index in [1.807, 2.05) is 92.4 Å². The van der Waals surface area contributed by atoms with Gasteiger partial charge in [-0.15, -0.1) is 0 Å². The highest BCUT2D eigenvalue weighted by atomic mass is 16.7. The number of cyclic esters (lactones) is 1. The van der Waals surface area contributed by atoms with Crippen molar-refractivity contribution in [1.82, 2.24) is 14.5 Å². The number of carbonyl (C=O) groups excluding carboxylic acids is 1. The summed E-state index contributed by atoms with van der Waals surface area (Å²) in [6.07, 6.45) is -4.96. The van der Waals surface area contributed by atoms with Gasteiger partial charge >= 0.3 is 11.9 Å². The molecule has 2 aromatic rings. The van der Waals surface area contributed by atoms with E-state index in [9.17, 15) is 39.9 Å². The van der Waals surface area contributed by atoms with Crippen LogP contribution in [0.3, 0.4) is 0 Å². The van der Waals surface area contributed by atoms with Gasteiger partial charge in [0.15, 0.2) is 12.6 Å². The molecule has 0 spiro atoms. The summed E-state index contributed by atoms with van der Waals surface area (Å²) >= 11 is 0. The fourth-order valence-electron chi connectivity index (χ4n) is 11.9. The molecule has 1 aromatic heterocycles. The fourth-order valence-corrected chi connectivity index (χ4v) is 11.9. The number of rotatable bonds is 19. The lowest BCUT2D eigenvalue weighted by molar-refractivity contribution is -0.320. The zero-order valence-corrected chi connectivity index (χ0v) is 50.4. The third-order valence-electron chi connectivity index (χ3n) is 16.6. The lowest BCUT2D eigenvalue weighted by Crippen LogP contribution is -2.61. The Morgan fingerprint density at radius 3 is 2.22 bits per heavy atom. The number of esters is 1. The van der Waals surface area contributed by atoms with Crippen LogP contribution >= 0.6 is 0 Å². The molecule has 0 amide bonds. The van der Waals surface area contributed by atoms with E-state index in [1.165, 1.54) is 17.9 Å². The highest BCUT2D eigenvalue weighted by molar-refractivity contribution is 5.92. The number of methoxy groups -OCH3 is 1. The van der Waals surface area contributed by atoms with Gasteiger partial charge in [0.05, 0.1) is 58.6 Å². The molecule has 5 rings (SSSR count). The Hall–Kier alpha value is -3.35. The first-order valence-corrected chi connectivity index (χ1v) is 28.6. The molecular formula is C59H99N3O17. The average molecular weight is 1120 g/mol. The van der Waals surface area contributed by atoms with Gasteiger partial charge in [0.2, 0.25) is 5.43 Å². The van der Waals surface area contributed by atoms with Crippen molar-refractivity contribution in [3.8, 4) is 0 Å². The molecule has 3 aliphatic heterocycles. The average Bonchev–Trinajstić information content (AvgIpc) is 3.43. The van der Waals surface area contributed by atoms with Crippen molar-refractivity contribution in [3.63, 3.8) is 0 Å². The number of aromatic nitrogens is 1. The molecule has 0 bridgehead atoms. The summed E-state index contributed by atoms with van der Waals surface area (Å²) in [5.74, 6) is -4.04. The van der Waals surface area contributed by atoms with Gasteiger partial charge in [0, 0.05) is 57.9 Å². The molecule has 452 valence electrons. The number of aryl methyl sites for hydroxylation is 1. The van der Waals surface area contributed by atoms with Crippen LogP contribution < -0.4 is 10.3 Å². The number of carboxylic acids is 1. The Morgan fingerprint density at radius 1 is 0.924 bits per heavy atom. The second-order valence-corrected chi connectivity index (χ2v) is 25.3. The van der Waals surface area contributed by atoms with Crippen LogP contribution in [-0.4, -0.2) is 204 Å². The molecule has 20 heteroatoms. The Bertz CT molecular complexity index is 2340. The molecule has 20 nitrogen and oxygen atoms in total. The van der Waals surface area contributed by atoms with Crippen LogP contribution in [0.2, 0.25) is 0 Å². The van der Waals surface area contributed by atoms with Gasteiger partial charge in [-0.3, -0.25) is 9.59 Å². The van der Waals surface area contributed by atoms with Crippen molar-refractivity contribution >= 4 is 22.8 Å². The number of aliphatic hydroxyl groups is 4. The number of aliphatic hydroxyl groups excluding tert-OH is 2. The summed E-state index contributed by atoms with van der Waals surface area (Å²) in [6, 6.07) is 4.53. The maximum atomic E-state index is 14.6. The molecule has 3 fully saturated rings. The van der Waals surface area contributed by atoms with E-state index >= 15 is 0 Å². The molecule has 0 aliphatic carbocycles. The Balaban J connectivity index is 1.30. The Morgan fingerprint density at radius 2 is 1.59 bits per heavy atom. The minimum Gasteiger partial charge on any atom is -0.477 e. The van der Waals surface area contributed by atoms with Gasteiger partial charge in [0.25, 0.3) is 0 Å². The van der Waals surface area contributed by atoms with Gasteiger partial charge in [-0.25, -0.2) is 4.79 Å². The highest BCUT2D eigenvalue weighted by Crippen LogP contribution is 2.41. The van der Waals surface area contributed by atoms with E-state index in [0.717, 1.165) is 5.56 Å². The van der Waals surface area contributed by atoms with Gasteiger partial charge in [-0.1, -0.05) is 47.6 Å². The van der Waals surface area contributed by atoms with Crippen LogP contribution in [0.5, 0.6) is 0 Å². The van der Waals surface area contributed by atoms with Crippen molar-refractivity contribution in [2.45, 2.75) is 225 Å². The second kappa shape index (κ2) is 27.8. The van der Waals surface area contributed by atoms with Crippen molar-refractivity contribution in [3.05, 3.63) is 45.7 Å². The largest absolute Gasteiger partial charge is 0.477 e. The van der Waals surface area contributed by atoms with E-state index in [4.69, 9.17) is 42.7 Å². The number of benzene rings is 1. The maximum Gasteiger partial charge on any atom is 0.341 e. The zero-order chi connectivity index (χ0) is 59.1. The van der Waals surface area contributed by atoms with Crippen LogP contribution in [0.25, 0.3) is 10.9 Å². The number of pyridine rings is 1. The Kier molecular flexibility index (Phi) is 23.4. The molecule has 4 heterocycles. The summed E-state index contributed by atoms with van der Waals surface area (Å²) in [5, 5.41) is 58.2. The highest BCUT2D eigenvalue weighted by Gasteiger charge is 2.53. The van der Waals surface area contributed by atoms with Gasteiger partial charge < -0.3 is 78.1 Å². The summed E-state index contributed by atoms with van der Waals surface area (Å²) in [5.41, 5.74) is -4.15. The molecule has 1 aromatic carbocycles. The van der Waals surface area contributed by atoms with E-state index in [1.54, 1.807) is 46.9 Å². The van der Waals surface area contributed by atoms with E-state index < -0.39 is 107 Å². The van der Waals surface area contributed by atoms with Crippen LogP contribution in [0.1, 0.15) is 144 Å². The number of fused-ring (bicyclic) bond motifs is 1. The van der Waals surface area contributed by atoms with Crippen molar-refractivity contribution in [2.75, 3.05) is 61.2 Å². The van der Waals surface area contributed by atoms with Crippen LogP contribution in [0, 0.1) is 23.2 Å². The summed E-state index contributed by atoms with van der Waals surface area (Å²) in [6.45, 7) is 25.9. The topological polar surface area (TPSA) is 247 Å². The van der Waals surface area contributed by atoms with Crippen molar-refractivity contribution in [1.29, 1.82) is 0 Å². The van der Waals surface area contributed by atoms with Crippen LogP contribution in [0.4, 0.5) is 0 Å². The first-order chi connectivity index (χ1) is 36.8. The van der Waals surface area contributed by atoms with Crippen LogP contribution in [-0.2, 0) is 49.1 Å². The number of carbonyl (C=O) groups is 2. The molecule has 5 N–H and O–H groups in total. The number of nitrogens with zero attached hydrogens (tertiary/aromatic N) is 3. The first kappa shape index (κ1) is 66.5. The molecule has 0 saturated carbocycles. The summed E-state index contributed by atoms with van der Waals surface area (Å²) in [7, 11) is 7.21. The minimum absolute atomic E-state index is 0.179. The molecule has 0 radical (unpaired) electrons. The number of ether oxygens (including phenoxy) is 8. The monoisotopic (exact) mass is 1120 g/mol. The molecular weight excluding hydrogens is 1020 g/mol. The Labute approximate surface area is 469 Å². The zero-order valence-electron chi connectivity index (χ0n) is 50.4. The molecule has 3 saturated heterocycles. The van der Waals surface area contributed by atoms with E-state index in [0.29, 0.717) is 64.2 Å². The van der Waals surface area contributed by atoms with E-state index in [-0.39, 0.29) is 53.7 Å². The number of carboxylic acid groups (broad SMARTS) is 1. The first-order valence-electron chi connectivity index (χ1n) is 28.6. The van der Waals surface area contributed by atoms with Crippen molar-refractivity contribution in [2.24, 2.45) is 23.2 Å². The quantitative estimate of drug-likeness (QED) is 0.0867. The number of likely N-dealkylation sites (N-methyl/N-ethyl adjacent to an activating group) is 2. The summed E-state index contributed by atoms with van der Waals surface area (Å²) < 4.78 is 53.0. The SMILES string of the molecule is CC[C@H]1OC(=O)[C@H](C)[C@@H](O[C@H]2C[C@@](C)(OC)[C@@H](OCCCOCCCc3ccc4c(c3)c(=O)c(C(=O)O)cn4OCC(C)(C)C)[C@H](C)O2)[C@H](C)[C@@H](O[C@@H]2O[C@H](C)C[C@H](N(C)C)[C@H]2O)[C@](C)(O)C[C@@H](C)CN(C)[C@H](C)[C@@H](O)[C@]1(C)O. The van der Waals surface area contributed by atoms with Crippen molar-refractivity contribution < 1.29 is 77.9 Å². The summed E-state index contributed by atoms with van der Waals surface area (Å²) in [4.78, 5) is 49.5. The fraction of sp³-hybridized carbons (Fsp3) is 0.814. The normalized spacial score (nSPS) is 36.9. The van der Waals surface area contributed by atoms with Gasteiger partial charge in [0.1, 0.15) is 42.2 Å². The second-order valence-electron chi connectivity index (χ2n) is 25.3. The van der Waals surface area contributed by atoms with Gasteiger partial charge in [-0.05, 0) is 137 Å². The molecule has 18 atom stereocenters. The predicted octanol–water partition coefficient (Wildman–Crippen LogP) is 5.45.